The second-order valence-electron chi connectivity index (χ2n) is 5.93. The van der Waals surface area contributed by atoms with Crippen LogP contribution in [0, 0.1) is 0 Å². The maximum absolute atomic E-state index is 12.7. The van der Waals surface area contributed by atoms with Gasteiger partial charge in [-0.05, 0) is 30.7 Å². The van der Waals surface area contributed by atoms with Gasteiger partial charge in [0.05, 0.1) is 5.56 Å². The van der Waals surface area contributed by atoms with Crippen LogP contribution in [0.1, 0.15) is 30.9 Å². The van der Waals surface area contributed by atoms with E-state index in [2.05, 4.69) is 11.8 Å². The Kier molecular flexibility index (Phi) is 6.48. The van der Waals surface area contributed by atoms with Gasteiger partial charge in [-0.3, -0.25) is 4.90 Å². The maximum atomic E-state index is 12.7. The lowest BCUT2D eigenvalue weighted by Crippen LogP contribution is -2.48. The third-order valence-electron chi connectivity index (χ3n) is 4.08. The van der Waals surface area contributed by atoms with E-state index < -0.39 is 17.8 Å². The number of unbranched alkanes of at least 4 members (excludes halogenated alkanes) is 1. The highest BCUT2D eigenvalue weighted by Crippen LogP contribution is 2.29. The van der Waals surface area contributed by atoms with Crippen LogP contribution >= 0.6 is 0 Å². The van der Waals surface area contributed by atoms with E-state index in [1.807, 2.05) is 0 Å². The van der Waals surface area contributed by atoms with Gasteiger partial charge in [0.1, 0.15) is 6.61 Å². The Labute approximate surface area is 140 Å². The van der Waals surface area contributed by atoms with Crippen LogP contribution < -0.4 is 0 Å². The number of alkyl halides is 3. The van der Waals surface area contributed by atoms with Crippen LogP contribution in [0.25, 0.3) is 0 Å². The number of halogens is 3. The number of rotatable bonds is 5. The Morgan fingerprint density at radius 1 is 1.21 bits per heavy atom. The summed E-state index contributed by atoms with van der Waals surface area (Å²) in [7, 11) is 0. The van der Waals surface area contributed by atoms with Crippen molar-refractivity contribution in [1.82, 2.24) is 9.80 Å². The van der Waals surface area contributed by atoms with Gasteiger partial charge >= 0.3 is 12.3 Å². The van der Waals surface area contributed by atoms with Crippen molar-refractivity contribution >= 4 is 6.09 Å². The summed E-state index contributed by atoms with van der Waals surface area (Å²) in [6.07, 6.45) is -2.59. The molecule has 1 saturated heterocycles. The molecule has 0 N–H and O–H groups in total. The smallest absolute Gasteiger partial charge is 0.416 e. The van der Waals surface area contributed by atoms with Crippen LogP contribution in [0.4, 0.5) is 18.0 Å². The highest BCUT2D eigenvalue weighted by Gasteiger charge is 2.30. The molecule has 0 aliphatic carbocycles. The lowest BCUT2D eigenvalue weighted by molar-refractivity contribution is -0.137. The molecule has 0 saturated carbocycles. The van der Waals surface area contributed by atoms with Gasteiger partial charge in [-0.25, -0.2) is 4.79 Å². The number of benzene rings is 1. The van der Waals surface area contributed by atoms with E-state index in [1.165, 1.54) is 12.1 Å². The number of nitrogens with zero attached hydrogens (tertiary/aromatic N) is 2. The molecule has 1 aliphatic heterocycles. The van der Waals surface area contributed by atoms with Crippen LogP contribution in [0.2, 0.25) is 0 Å². The fraction of sp³-hybridized carbons (Fsp3) is 0.588. The molecule has 1 amide bonds. The molecular weight excluding hydrogens is 321 g/mol. The largest absolute Gasteiger partial charge is 0.445 e. The Morgan fingerprint density at radius 2 is 1.92 bits per heavy atom. The number of carbonyl (C=O) groups is 1. The van der Waals surface area contributed by atoms with Crippen LogP contribution in [0.5, 0.6) is 0 Å². The molecular formula is C17H23F3N2O2. The fourth-order valence-corrected chi connectivity index (χ4v) is 2.61. The Balaban J connectivity index is 1.80. The van der Waals surface area contributed by atoms with E-state index in [-0.39, 0.29) is 6.61 Å². The summed E-state index contributed by atoms with van der Waals surface area (Å²) in [5, 5.41) is 0. The average molecular weight is 344 g/mol. The normalized spacial score (nSPS) is 16.2. The highest BCUT2D eigenvalue weighted by atomic mass is 19.4. The van der Waals surface area contributed by atoms with Crippen LogP contribution in [0.15, 0.2) is 24.3 Å². The van der Waals surface area contributed by atoms with E-state index in [9.17, 15) is 18.0 Å². The minimum Gasteiger partial charge on any atom is -0.445 e. The topological polar surface area (TPSA) is 32.8 Å². The first kappa shape index (κ1) is 18.6. The SMILES string of the molecule is CCCCN1CCN(C(=O)OCc2cccc(C(F)(F)F)c2)CC1. The second-order valence-corrected chi connectivity index (χ2v) is 5.93. The maximum Gasteiger partial charge on any atom is 0.416 e. The molecule has 134 valence electrons. The quantitative estimate of drug-likeness (QED) is 0.815. The molecule has 0 bridgehead atoms. The van der Waals surface area contributed by atoms with Crippen LogP contribution in [0.3, 0.4) is 0 Å². The van der Waals surface area contributed by atoms with Gasteiger partial charge < -0.3 is 9.64 Å². The van der Waals surface area contributed by atoms with Crippen molar-refractivity contribution in [2.75, 3.05) is 32.7 Å². The van der Waals surface area contributed by atoms with Crippen molar-refractivity contribution in [3.63, 3.8) is 0 Å². The molecule has 0 spiro atoms. The molecule has 1 heterocycles. The minimum absolute atomic E-state index is 0.154. The predicted molar refractivity (Wildman–Crippen MR) is 84.6 cm³/mol. The van der Waals surface area contributed by atoms with Gasteiger partial charge in [-0.1, -0.05) is 25.5 Å². The Hall–Kier alpha value is -1.76. The summed E-state index contributed by atoms with van der Waals surface area (Å²) in [6.45, 7) is 5.80. The highest BCUT2D eigenvalue weighted by molar-refractivity contribution is 5.67. The molecule has 0 aromatic heterocycles. The van der Waals surface area contributed by atoms with Gasteiger partial charge in [0, 0.05) is 26.2 Å². The number of hydrogen-bond acceptors (Lipinski definition) is 3. The lowest BCUT2D eigenvalue weighted by atomic mass is 10.1. The van der Waals surface area contributed by atoms with Crippen molar-refractivity contribution in [2.45, 2.75) is 32.5 Å². The molecule has 2 rings (SSSR count). The van der Waals surface area contributed by atoms with Crippen molar-refractivity contribution < 1.29 is 22.7 Å². The zero-order valence-electron chi connectivity index (χ0n) is 13.8. The van der Waals surface area contributed by atoms with Crippen molar-refractivity contribution in [2.24, 2.45) is 0 Å². The Morgan fingerprint density at radius 3 is 2.54 bits per heavy atom. The standard InChI is InChI=1S/C17H23F3N2O2/c1-2-3-7-21-8-10-22(11-9-21)16(23)24-13-14-5-4-6-15(12-14)17(18,19)20/h4-6,12H,2-3,7-11,13H2,1H3. The van der Waals surface area contributed by atoms with E-state index in [0.29, 0.717) is 18.7 Å². The van der Waals surface area contributed by atoms with Gasteiger partial charge in [0.25, 0.3) is 0 Å². The molecule has 4 nitrogen and oxygen atoms in total. The van der Waals surface area contributed by atoms with Gasteiger partial charge in [0.2, 0.25) is 0 Å². The van der Waals surface area contributed by atoms with Crippen molar-refractivity contribution in [3.8, 4) is 0 Å². The first-order valence-electron chi connectivity index (χ1n) is 8.20. The van der Waals surface area contributed by atoms with E-state index in [1.54, 1.807) is 4.90 Å². The summed E-state index contributed by atoms with van der Waals surface area (Å²) in [5.41, 5.74) is -0.402. The third kappa shape index (κ3) is 5.40. The first-order valence-corrected chi connectivity index (χ1v) is 8.20. The van der Waals surface area contributed by atoms with Crippen LogP contribution in [-0.4, -0.2) is 48.6 Å². The number of carbonyl (C=O) groups excluding carboxylic acids is 1. The first-order chi connectivity index (χ1) is 11.4. The van der Waals surface area contributed by atoms with E-state index in [4.69, 9.17) is 4.74 Å². The number of piperazine rings is 1. The molecule has 0 unspecified atom stereocenters. The molecule has 1 aliphatic rings. The summed E-state index contributed by atoms with van der Waals surface area (Å²) in [5.74, 6) is 0. The number of amides is 1. The molecule has 0 atom stereocenters. The number of ether oxygens (including phenoxy) is 1. The minimum atomic E-state index is -4.39. The molecule has 24 heavy (non-hydrogen) atoms. The zero-order chi connectivity index (χ0) is 17.6. The summed E-state index contributed by atoms with van der Waals surface area (Å²) in [4.78, 5) is 15.9. The van der Waals surface area contributed by atoms with Crippen molar-refractivity contribution in [1.29, 1.82) is 0 Å². The summed E-state index contributed by atoms with van der Waals surface area (Å²) < 4.78 is 43.1. The molecule has 1 aromatic rings. The molecule has 7 heteroatoms. The van der Waals surface area contributed by atoms with Crippen LogP contribution in [-0.2, 0) is 17.5 Å². The third-order valence-corrected chi connectivity index (χ3v) is 4.08. The molecule has 1 fully saturated rings. The lowest BCUT2D eigenvalue weighted by Gasteiger charge is -2.34. The molecule has 0 radical (unpaired) electrons. The zero-order valence-corrected chi connectivity index (χ0v) is 13.8. The summed E-state index contributed by atoms with van der Waals surface area (Å²) in [6, 6.07) is 4.85. The van der Waals surface area contributed by atoms with Gasteiger partial charge in [0.15, 0.2) is 0 Å². The average Bonchev–Trinajstić information content (AvgIpc) is 2.58. The van der Waals surface area contributed by atoms with E-state index in [0.717, 1.165) is 44.6 Å². The fourth-order valence-electron chi connectivity index (χ4n) is 2.61. The summed E-state index contributed by atoms with van der Waals surface area (Å²) >= 11 is 0. The monoisotopic (exact) mass is 344 g/mol. The predicted octanol–water partition coefficient (Wildman–Crippen LogP) is 3.76. The van der Waals surface area contributed by atoms with Gasteiger partial charge in [-0.15, -0.1) is 0 Å². The number of hydrogen-bond donors (Lipinski definition) is 0. The van der Waals surface area contributed by atoms with Gasteiger partial charge in [-0.2, -0.15) is 13.2 Å². The molecule has 1 aromatic carbocycles. The Bertz CT molecular complexity index is 541. The van der Waals surface area contributed by atoms with E-state index >= 15 is 0 Å². The second kappa shape index (κ2) is 8.37. The van der Waals surface area contributed by atoms with Crippen molar-refractivity contribution in [3.05, 3.63) is 35.4 Å².